The molecule has 236 valence electrons. The van der Waals surface area contributed by atoms with E-state index in [9.17, 15) is 5.11 Å². The van der Waals surface area contributed by atoms with Crippen LogP contribution in [0.5, 0.6) is 5.75 Å². The van der Waals surface area contributed by atoms with Crippen molar-refractivity contribution >= 4 is 24.3 Å². The lowest BCUT2D eigenvalue weighted by atomic mass is 9.79. The molecule has 2 heterocycles. The zero-order valence-electron chi connectivity index (χ0n) is 29.6. The average Bonchev–Trinajstić information content (AvgIpc) is 3.26. The van der Waals surface area contributed by atoms with Gasteiger partial charge in [-0.15, -0.1) is 0 Å². The minimum absolute atomic E-state index is 0.0487. The van der Waals surface area contributed by atoms with E-state index in [0.29, 0.717) is 5.75 Å². The molecule has 0 radical (unpaired) electrons. The summed E-state index contributed by atoms with van der Waals surface area (Å²) in [4.78, 5) is 10.1. The third-order valence-corrected chi connectivity index (χ3v) is 11.0. The van der Waals surface area contributed by atoms with Crippen LogP contribution in [0.15, 0.2) is 66.9 Å². The fourth-order valence-corrected chi connectivity index (χ4v) is 7.04. The van der Waals surface area contributed by atoms with Crippen LogP contribution in [0.4, 0.5) is 0 Å². The molecule has 5 heteroatoms. The van der Waals surface area contributed by atoms with Gasteiger partial charge >= 0.3 is 0 Å². The Hall–Kier alpha value is -3.70. The van der Waals surface area contributed by atoms with E-state index in [4.69, 9.17) is 9.97 Å². The van der Waals surface area contributed by atoms with E-state index >= 15 is 0 Å². The lowest BCUT2D eigenvalue weighted by molar-refractivity contribution is 0.446. The standard InChI is InChI=1S/C40H51N3OSi/c1-38(2,3)27-19-25(18-26(20-27)33-16-14-15-17-41-33)30-23-29(45(11,12)13)24-34-35(30)42-37(43(34)10)31-21-28(39(4,5)6)22-32(36(31)44)40(7,8)9/h14-24,44H,1-13H3. The molecule has 0 fully saturated rings. The van der Waals surface area contributed by atoms with Gasteiger partial charge in [0.1, 0.15) is 11.6 Å². The number of aryl methyl sites for hydroxylation is 1. The SMILES string of the molecule is Cn1c(-c2cc(C(C)(C)C)cc(C(C)(C)C)c2O)nc2c(-c3cc(-c4ccccn4)cc(C(C)(C)C)c3)cc([Si](C)(C)C)cc21. The Morgan fingerprint density at radius 3 is 1.87 bits per heavy atom. The van der Waals surface area contributed by atoms with Gasteiger partial charge in [0.05, 0.1) is 30.4 Å². The number of phenolic OH excluding ortho intramolecular Hbond substituents is 1. The second-order valence-corrected chi connectivity index (χ2v) is 21.9. The number of pyridine rings is 1. The molecule has 0 saturated carbocycles. The minimum Gasteiger partial charge on any atom is -0.507 e. The van der Waals surface area contributed by atoms with E-state index in [1.807, 2.05) is 18.3 Å². The van der Waals surface area contributed by atoms with Gasteiger partial charge in [-0.05, 0) is 69.3 Å². The third-order valence-electron chi connectivity index (χ3n) is 8.95. The first kappa shape index (κ1) is 32.7. The first-order valence-corrected chi connectivity index (χ1v) is 19.6. The fourth-order valence-electron chi connectivity index (χ4n) is 5.89. The van der Waals surface area contributed by atoms with Crippen LogP contribution < -0.4 is 5.19 Å². The lowest BCUT2D eigenvalue weighted by Crippen LogP contribution is -2.37. The second-order valence-electron chi connectivity index (χ2n) is 16.8. The van der Waals surface area contributed by atoms with E-state index in [-0.39, 0.29) is 16.2 Å². The third kappa shape index (κ3) is 6.37. The van der Waals surface area contributed by atoms with Gasteiger partial charge in [0.25, 0.3) is 0 Å². The van der Waals surface area contributed by atoms with Gasteiger partial charge in [0.15, 0.2) is 0 Å². The molecule has 0 saturated heterocycles. The largest absolute Gasteiger partial charge is 0.507 e. The number of hydrogen-bond acceptors (Lipinski definition) is 3. The smallest absolute Gasteiger partial charge is 0.144 e. The Morgan fingerprint density at radius 1 is 0.689 bits per heavy atom. The predicted molar refractivity (Wildman–Crippen MR) is 196 cm³/mol. The summed E-state index contributed by atoms with van der Waals surface area (Å²) in [5.74, 6) is 1.10. The molecule has 0 aliphatic heterocycles. The molecule has 0 spiro atoms. The number of aromatic nitrogens is 3. The van der Waals surface area contributed by atoms with Crippen LogP contribution in [0, 0.1) is 0 Å². The summed E-state index contributed by atoms with van der Waals surface area (Å²) in [6, 6.07) is 22.0. The summed E-state index contributed by atoms with van der Waals surface area (Å²) in [5, 5.41) is 13.2. The summed E-state index contributed by atoms with van der Waals surface area (Å²) >= 11 is 0. The molecular weight excluding hydrogens is 567 g/mol. The summed E-state index contributed by atoms with van der Waals surface area (Å²) < 4.78 is 2.18. The summed E-state index contributed by atoms with van der Waals surface area (Å²) in [7, 11) is 0.374. The molecule has 0 aliphatic carbocycles. The Bertz CT molecular complexity index is 1890. The topological polar surface area (TPSA) is 50.9 Å². The van der Waals surface area contributed by atoms with Crippen LogP contribution in [0.2, 0.25) is 19.6 Å². The van der Waals surface area contributed by atoms with E-state index < -0.39 is 8.07 Å². The van der Waals surface area contributed by atoms with Crippen molar-refractivity contribution in [2.75, 3.05) is 0 Å². The van der Waals surface area contributed by atoms with Crippen LogP contribution in [-0.4, -0.2) is 27.7 Å². The highest BCUT2D eigenvalue weighted by Gasteiger charge is 2.29. The van der Waals surface area contributed by atoms with Crippen molar-refractivity contribution in [3.8, 4) is 39.5 Å². The van der Waals surface area contributed by atoms with Crippen molar-refractivity contribution in [1.82, 2.24) is 14.5 Å². The second kappa shape index (κ2) is 11.0. The molecule has 3 aromatic carbocycles. The zero-order valence-corrected chi connectivity index (χ0v) is 30.6. The highest BCUT2D eigenvalue weighted by molar-refractivity contribution is 6.88. The number of benzene rings is 3. The number of fused-ring (bicyclic) bond motifs is 1. The zero-order chi connectivity index (χ0) is 33.3. The first-order chi connectivity index (χ1) is 20.7. The maximum absolute atomic E-state index is 11.8. The van der Waals surface area contributed by atoms with Crippen molar-refractivity contribution in [3.63, 3.8) is 0 Å². The maximum Gasteiger partial charge on any atom is 0.144 e. The molecule has 0 bridgehead atoms. The molecule has 0 atom stereocenters. The number of nitrogens with zero attached hydrogens (tertiary/aromatic N) is 3. The van der Waals surface area contributed by atoms with Gasteiger partial charge < -0.3 is 9.67 Å². The van der Waals surface area contributed by atoms with E-state index in [1.54, 1.807) is 0 Å². The summed E-state index contributed by atoms with van der Waals surface area (Å²) in [6.07, 6.45) is 1.86. The van der Waals surface area contributed by atoms with Crippen molar-refractivity contribution in [3.05, 3.63) is 83.6 Å². The van der Waals surface area contributed by atoms with Crippen LogP contribution in [-0.2, 0) is 23.3 Å². The van der Waals surface area contributed by atoms with E-state index in [1.165, 1.54) is 16.3 Å². The Labute approximate surface area is 271 Å². The van der Waals surface area contributed by atoms with Crippen molar-refractivity contribution < 1.29 is 5.11 Å². The predicted octanol–water partition coefficient (Wildman–Crippen LogP) is 10.1. The first-order valence-electron chi connectivity index (χ1n) is 16.1. The van der Waals surface area contributed by atoms with Crippen molar-refractivity contribution in [2.24, 2.45) is 7.05 Å². The number of hydrogen-bond donors (Lipinski definition) is 1. The molecule has 0 unspecified atom stereocenters. The fraction of sp³-hybridized carbons (Fsp3) is 0.400. The van der Waals surface area contributed by atoms with E-state index in [0.717, 1.165) is 50.4 Å². The Kier molecular flexibility index (Phi) is 7.97. The Balaban J connectivity index is 1.88. The average molecular weight is 618 g/mol. The number of phenols is 1. The molecule has 45 heavy (non-hydrogen) atoms. The summed E-state index contributed by atoms with van der Waals surface area (Å²) in [6.45, 7) is 27.1. The highest BCUT2D eigenvalue weighted by atomic mass is 28.3. The van der Waals surface area contributed by atoms with Crippen molar-refractivity contribution in [2.45, 2.75) is 98.2 Å². The maximum atomic E-state index is 11.8. The Morgan fingerprint density at radius 2 is 1.31 bits per heavy atom. The molecular formula is C40H51N3OSi. The normalized spacial score (nSPS) is 13.1. The molecule has 5 aromatic rings. The number of rotatable bonds is 4. The minimum atomic E-state index is -1.72. The quantitative estimate of drug-likeness (QED) is 0.204. The monoisotopic (exact) mass is 617 g/mol. The highest BCUT2D eigenvalue weighted by Crippen LogP contribution is 2.43. The van der Waals surface area contributed by atoms with Gasteiger partial charge in [0, 0.05) is 29.9 Å². The summed E-state index contributed by atoms with van der Waals surface area (Å²) in [5.41, 5.74) is 10.2. The van der Waals surface area contributed by atoms with Crippen LogP contribution in [0.25, 0.3) is 44.8 Å². The van der Waals surface area contributed by atoms with E-state index in [2.05, 4.69) is 142 Å². The molecule has 1 N–H and O–H groups in total. The van der Waals surface area contributed by atoms with Crippen LogP contribution in [0.3, 0.4) is 0 Å². The van der Waals surface area contributed by atoms with Gasteiger partial charge in [-0.2, -0.15) is 0 Å². The van der Waals surface area contributed by atoms with Gasteiger partial charge in [0.2, 0.25) is 0 Å². The van der Waals surface area contributed by atoms with Gasteiger partial charge in [-0.25, -0.2) is 4.98 Å². The molecule has 4 nitrogen and oxygen atoms in total. The number of aromatic hydroxyl groups is 1. The van der Waals surface area contributed by atoms with Gasteiger partial charge in [-0.3, -0.25) is 4.98 Å². The van der Waals surface area contributed by atoms with Crippen LogP contribution >= 0.6 is 0 Å². The van der Waals surface area contributed by atoms with Gasteiger partial charge in [-0.1, -0.05) is 111 Å². The molecule has 0 amide bonds. The number of imidazole rings is 1. The van der Waals surface area contributed by atoms with Crippen LogP contribution in [0.1, 0.15) is 79.0 Å². The molecule has 2 aromatic heterocycles. The lowest BCUT2D eigenvalue weighted by Gasteiger charge is -2.27. The van der Waals surface area contributed by atoms with Crippen molar-refractivity contribution in [1.29, 1.82) is 0 Å². The molecule has 5 rings (SSSR count). The molecule has 0 aliphatic rings.